The van der Waals surface area contributed by atoms with Crippen LogP contribution in [-0.4, -0.2) is 4.51 Å². The molecule has 0 atom stereocenters. The molecule has 1 aromatic rings. The molecule has 0 aliphatic heterocycles. The van der Waals surface area contributed by atoms with Crippen molar-refractivity contribution in [1.82, 2.24) is 0 Å². The van der Waals surface area contributed by atoms with Gasteiger partial charge in [-0.3, -0.25) is 3.07 Å². The summed E-state index contributed by atoms with van der Waals surface area (Å²) in [5, 5.41) is 0. The lowest BCUT2D eigenvalue weighted by molar-refractivity contribution is 0.647. The summed E-state index contributed by atoms with van der Waals surface area (Å²) in [5.41, 5.74) is 0. The van der Waals surface area contributed by atoms with Crippen molar-refractivity contribution < 1.29 is 3.07 Å². The molecule has 0 radical (unpaired) electrons. The Hall–Kier alpha value is 0.1000. The Bertz CT molecular complexity index is 296. The highest BCUT2D eigenvalue weighted by atomic mass is 127. The van der Waals surface area contributed by atoms with E-state index >= 15 is 0 Å². The highest BCUT2D eigenvalue weighted by Crippen LogP contribution is 2.19. The van der Waals surface area contributed by atoms with Crippen molar-refractivity contribution in [1.29, 1.82) is 0 Å². The number of benzene rings is 1. The number of hydrogen-bond donors (Lipinski definition) is 0. The molecule has 0 heterocycles. The van der Waals surface area contributed by atoms with Gasteiger partial charge in [0.25, 0.3) is 0 Å². The fourth-order valence-corrected chi connectivity index (χ4v) is 2.71. The topological polar surface area (TPSA) is 17.1 Å². The van der Waals surface area contributed by atoms with Gasteiger partial charge in [-0.25, -0.2) is 0 Å². The van der Waals surface area contributed by atoms with Crippen LogP contribution in [0.2, 0.25) is 0 Å². The molecule has 1 nitrogen and oxygen atoms in total. The first kappa shape index (κ1) is 8.20. The Morgan fingerprint density at radius 1 is 1.50 bits per heavy atom. The van der Waals surface area contributed by atoms with E-state index in [1.165, 1.54) is 0 Å². The number of hydrogen-bond acceptors (Lipinski definition) is 1. The van der Waals surface area contributed by atoms with Crippen LogP contribution in [0.15, 0.2) is 28.7 Å². The molecular weight excluding hydrogens is 307 g/mol. The van der Waals surface area contributed by atoms with Crippen molar-refractivity contribution in [3.63, 3.8) is 0 Å². The lowest BCUT2D eigenvalue weighted by atomic mass is 10.4. The molecule has 0 fully saturated rings. The maximum atomic E-state index is 10.9. The van der Waals surface area contributed by atoms with E-state index in [9.17, 15) is 3.07 Å². The van der Waals surface area contributed by atoms with Crippen molar-refractivity contribution >= 4 is 39.8 Å². The summed E-state index contributed by atoms with van der Waals surface area (Å²) in [6.45, 7) is 0. The highest BCUT2D eigenvalue weighted by Gasteiger charge is 1.91. The molecule has 1 rings (SSSR count). The van der Waals surface area contributed by atoms with E-state index in [1.54, 1.807) is 0 Å². The Balaban J connectivity index is 3.19. The summed E-state index contributed by atoms with van der Waals surface area (Å²) >= 11 is 1.05. The fourth-order valence-electron chi connectivity index (χ4n) is 0.591. The zero-order chi connectivity index (χ0) is 7.56. The predicted octanol–water partition coefficient (Wildman–Crippen LogP) is 2.90. The van der Waals surface area contributed by atoms with Crippen LogP contribution >= 0.6 is 35.3 Å². The molecule has 0 saturated heterocycles. The van der Waals surface area contributed by atoms with Crippen molar-refractivity contribution in [3.05, 3.63) is 32.3 Å². The second-order valence-electron chi connectivity index (χ2n) is 1.76. The van der Waals surface area contributed by atoms with E-state index in [2.05, 4.69) is 20.4 Å². The first-order valence-electron chi connectivity index (χ1n) is 2.62. The van der Waals surface area contributed by atoms with Crippen molar-refractivity contribution in [3.8, 4) is 0 Å². The molecule has 0 aliphatic carbocycles. The molecule has 1 aromatic carbocycles. The monoisotopic (exact) mass is 312 g/mol. The van der Waals surface area contributed by atoms with Crippen LogP contribution < -0.4 is 0 Å². The standard InChI is InChI=1S/C7H6BrIO/c1-9(10)7-4-2-3-6(8)5-7/h2-5H,1H2. The average Bonchev–Trinajstić information content (AvgIpc) is 1.88. The molecule has 0 spiro atoms. The predicted molar refractivity (Wildman–Crippen MR) is 54.7 cm³/mol. The van der Waals surface area contributed by atoms with Crippen molar-refractivity contribution in [2.24, 2.45) is 0 Å². The Labute approximate surface area is 74.8 Å². The second kappa shape index (κ2) is 3.48. The van der Waals surface area contributed by atoms with Gasteiger partial charge in [-0.2, -0.15) is 0 Å². The van der Waals surface area contributed by atoms with Crippen LogP contribution in [0, 0.1) is 3.57 Å². The lowest BCUT2D eigenvalue weighted by Gasteiger charge is -1.90. The Morgan fingerprint density at radius 3 is 2.60 bits per heavy atom. The molecule has 3 heteroatoms. The van der Waals surface area contributed by atoms with Gasteiger partial charge >= 0.3 is 0 Å². The van der Waals surface area contributed by atoms with Crippen molar-refractivity contribution in [2.75, 3.05) is 0 Å². The third kappa shape index (κ3) is 2.05. The van der Waals surface area contributed by atoms with Gasteiger partial charge in [-0.05, 0) is 22.7 Å². The van der Waals surface area contributed by atoms with Gasteiger partial charge in [0.1, 0.15) is 19.3 Å². The molecule has 10 heavy (non-hydrogen) atoms. The highest BCUT2D eigenvalue weighted by molar-refractivity contribution is 14.2. The smallest absolute Gasteiger partial charge is 0.107 e. The van der Waals surface area contributed by atoms with Gasteiger partial charge in [-0.15, -0.1) is 0 Å². The molecule has 54 valence electrons. The van der Waals surface area contributed by atoms with Gasteiger partial charge in [-0.1, -0.05) is 22.0 Å². The van der Waals surface area contributed by atoms with E-state index in [0.29, 0.717) is 0 Å². The van der Waals surface area contributed by atoms with Crippen LogP contribution in [0.5, 0.6) is 0 Å². The normalized spacial score (nSPS) is 10.2. The van der Waals surface area contributed by atoms with E-state index in [-0.39, 0.29) is 0 Å². The molecule has 0 unspecified atom stereocenters. The summed E-state index contributed by atoms with van der Waals surface area (Å²) in [6, 6.07) is 7.47. The molecule has 0 aromatic heterocycles. The minimum Gasteiger partial charge on any atom is -0.274 e. The largest absolute Gasteiger partial charge is 0.274 e. The molecular formula is C7H6BrIO. The number of halogens is 2. The first-order valence-corrected chi connectivity index (χ1v) is 6.90. The zero-order valence-corrected chi connectivity index (χ0v) is 8.92. The average molecular weight is 313 g/mol. The maximum absolute atomic E-state index is 10.9. The second-order valence-corrected chi connectivity index (χ2v) is 5.75. The molecule has 0 saturated carbocycles. The van der Waals surface area contributed by atoms with Crippen LogP contribution in [0.25, 0.3) is 0 Å². The zero-order valence-electron chi connectivity index (χ0n) is 5.18. The van der Waals surface area contributed by atoms with Gasteiger partial charge in [0.15, 0.2) is 0 Å². The van der Waals surface area contributed by atoms with Gasteiger partial charge in [0.05, 0.1) is 0 Å². The van der Waals surface area contributed by atoms with E-state index in [0.717, 1.165) is 8.04 Å². The van der Waals surface area contributed by atoms with Gasteiger partial charge in [0, 0.05) is 8.04 Å². The maximum Gasteiger partial charge on any atom is 0.107 e. The van der Waals surface area contributed by atoms with Crippen LogP contribution in [0.1, 0.15) is 0 Å². The summed E-state index contributed by atoms with van der Waals surface area (Å²) in [6.07, 6.45) is 0. The fraction of sp³-hybridized carbons (Fsp3) is 0. The van der Waals surface area contributed by atoms with Gasteiger partial charge in [0.2, 0.25) is 0 Å². The van der Waals surface area contributed by atoms with Crippen LogP contribution in [0.4, 0.5) is 0 Å². The van der Waals surface area contributed by atoms with E-state index in [1.807, 2.05) is 24.3 Å². The minimum atomic E-state index is -2.24. The van der Waals surface area contributed by atoms with E-state index in [4.69, 9.17) is 0 Å². The summed E-state index contributed by atoms with van der Waals surface area (Å²) in [7, 11) is 0. The SMILES string of the molecule is C=I(=O)c1cccc(Br)c1. The quantitative estimate of drug-likeness (QED) is 0.729. The first-order chi connectivity index (χ1) is 4.70. The Kier molecular flexibility index (Phi) is 2.85. The number of rotatable bonds is 1. The molecule has 0 amide bonds. The van der Waals surface area contributed by atoms with Crippen LogP contribution in [-0.2, 0) is 3.07 Å². The molecule has 0 N–H and O–H groups in total. The Morgan fingerprint density at radius 2 is 2.20 bits per heavy atom. The molecule has 0 aliphatic rings. The van der Waals surface area contributed by atoms with Crippen molar-refractivity contribution in [2.45, 2.75) is 0 Å². The summed E-state index contributed by atoms with van der Waals surface area (Å²) < 4.78 is 16.3. The van der Waals surface area contributed by atoms with E-state index < -0.39 is 19.3 Å². The molecule has 0 bridgehead atoms. The summed E-state index contributed by atoms with van der Waals surface area (Å²) in [5.74, 6) is 0. The van der Waals surface area contributed by atoms with Crippen LogP contribution in [0.3, 0.4) is 0 Å². The lowest BCUT2D eigenvalue weighted by Crippen LogP contribution is -1.69. The third-order valence-corrected chi connectivity index (χ3v) is 3.58. The van der Waals surface area contributed by atoms with Gasteiger partial charge < -0.3 is 0 Å². The minimum absolute atomic E-state index is 0.874. The summed E-state index contributed by atoms with van der Waals surface area (Å²) in [4.78, 5) is 0. The third-order valence-electron chi connectivity index (χ3n) is 1.03.